The molecule has 2 N–H and O–H groups in total. The molecule has 0 radical (unpaired) electrons. The molecule has 2 heterocycles. The summed E-state index contributed by atoms with van der Waals surface area (Å²) in [5.41, 5.74) is 3.92. The first-order valence-electron chi connectivity index (χ1n) is 8.69. The maximum absolute atomic E-state index is 14.0. The Kier molecular flexibility index (Phi) is 5.39. The predicted molar refractivity (Wildman–Crippen MR) is 97.3 cm³/mol. The van der Waals surface area contributed by atoms with Crippen LogP contribution in [0.15, 0.2) is 46.3 Å². The van der Waals surface area contributed by atoms with Crippen molar-refractivity contribution in [1.82, 2.24) is 9.88 Å². The Labute approximate surface area is 169 Å². The summed E-state index contributed by atoms with van der Waals surface area (Å²) in [6.07, 6.45) is -3.73. The number of sulfone groups is 1. The zero-order chi connectivity index (χ0) is 22.3. The summed E-state index contributed by atoms with van der Waals surface area (Å²) in [5, 5.41) is 0. The van der Waals surface area contributed by atoms with Crippen molar-refractivity contribution in [1.29, 1.82) is 0 Å². The second-order valence-corrected chi connectivity index (χ2v) is 8.75. The minimum absolute atomic E-state index is 0.101. The number of alkyl halides is 4. The van der Waals surface area contributed by atoms with E-state index in [0.717, 1.165) is 36.5 Å². The molecule has 1 amide bonds. The smallest absolute Gasteiger partial charge is 0.406 e. The van der Waals surface area contributed by atoms with E-state index in [4.69, 9.17) is 5.73 Å². The molecule has 0 unspecified atom stereocenters. The van der Waals surface area contributed by atoms with Crippen molar-refractivity contribution in [3.05, 3.63) is 42.2 Å². The molecule has 0 aliphatic carbocycles. The lowest BCUT2D eigenvalue weighted by atomic mass is 9.93. The molecule has 1 aromatic carbocycles. The topological polar surface area (TPSA) is 103 Å². The van der Waals surface area contributed by atoms with E-state index in [-0.39, 0.29) is 40.7 Å². The molecule has 0 saturated carbocycles. The van der Waals surface area contributed by atoms with Crippen molar-refractivity contribution in [3.8, 4) is 5.75 Å². The lowest BCUT2D eigenvalue weighted by molar-refractivity contribution is -0.274. The highest BCUT2D eigenvalue weighted by molar-refractivity contribution is 7.91. The summed E-state index contributed by atoms with van der Waals surface area (Å²) < 4.78 is 79.7. The normalized spacial score (nSPS) is 16.1. The van der Waals surface area contributed by atoms with Crippen molar-refractivity contribution in [3.63, 3.8) is 0 Å². The number of hydrogen-bond donors (Lipinski definition) is 1. The first-order chi connectivity index (χ1) is 13.8. The predicted octanol–water partition coefficient (Wildman–Crippen LogP) is 2.97. The molecule has 1 saturated heterocycles. The van der Waals surface area contributed by atoms with Gasteiger partial charge in [0, 0.05) is 6.20 Å². The third-order valence-corrected chi connectivity index (χ3v) is 6.38. The first kappa shape index (κ1) is 21.8. The number of halogens is 4. The van der Waals surface area contributed by atoms with Gasteiger partial charge in [0.15, 0.2) is 5.69 Å². The zero-order valence-electron chi connectivity index (χ0n) is 15.6. The van der Waals surface area contributed by atoms with E-state index < -0.39 is 33.5 Å². The van der Waals surface area contributed by atoms with Crippen LogP contribution in [0.2, 0.25) is 0 Å². The summed E-state index contributed by atoms with van der Waals surface area (Å²) in [7, 11) is -4.16. The van der Waals surface area contributed by atoms with Gasteiger partial charge in [0.25, 0.3) is 5.91 Å². The molecular weight excluding hydrogens is 430 g/mol. The third kappa shape index (κ3) is 4.32. The summed E-state index contributed by atoms with van der Waals surface area (Å²) in [6.45, 7) is 1.46. The van der Waals surface area contributed by atoms with Crippen LogP contribution in [-0.4, -0.2) is 49.3 Å². The van der Waals surface area contributed by atoms with Gasteiger partial charge in [0.2, 0.25) is 9.84 Å². The van der Waals surface area contributed by atoms with Gasteiger partial charge in [-0.3, -0.25) is 4.79 Å². The largest absolute Gasteiger partial charge is 0.573 e. The van der Waals surface area contributed by atoms with E-state index in [2.05, 4.69) is 9.72 Å². The van der Waals surface area contributed by atoms with Crippen molar-refractivity contribution in [2.24, 2.45) is 0 Å². The molecule has 7 nitrogen and oxygen atoms in total. The minimum atomic E-state index is -4.91. The number of hydrogen-bond acceptors (Lipinski definition) is 6. The summed E-state index contributed by atoms with van der Waals surface area (Å²) in [6, 6.07) is 4.62. The van der Waals surface area contributed by atoms with E-state index in [1.807, 2.05) is 0 Å². The van der Waals surface area contributed by atoms with E-state index in [1.54, 1.807) is 6.92 Å². The van der Waals surface area contributed by atoms with Crippen LogP contribution in [-0.2, 0) is 9.84 Å². The molecule has 162 valence electrons. The molecule has 30 heavy (non-hydrogen) atoms. The van der Waals surface area contributed by atoms with Crippen LogP contribution in [0.3, 0.4) is 0 Å². The van der Waals surface area contributed by atoms with Crippen LogP contribution in [0.5, 0.6) is 5.75 Å². The standard InChI is InChI=1S/C18H17F4N3O4S/c1-2-17(19)9-25(10-17)16(26)15-14(23)7-13(8-24-15)30(27,28)12-5-3-11(4-6-12)29-18(20,21)22/h3-8H,2,9-10,23H2,1H3. The fraction of sp³-hybridized carbons (Fsp3) is 0.333. The number of likely N-dealkylation sites (tertiary alicyclic amines) is 1. The number of carbonyl (C=O) groups excluding carboxylic acids is 1. The highest BCUT2D eigenvalue weighted by Gasteiger charge is 2.45. The zero-order valence-corrected chi connectivity index (χ0v) is 16.4. The van der Waals surface area contributed by atoms with Crippen LogP contribution >= 0.6 is 0 Å². The third-order valence-electron chi connectivity index (χ3n) is 4.64. The number of pyridine rings is 1. The quantitative estimate of drug-likeness (QED) is 0.707. The van der Waals surface area contributed by atoms with Gasteiger partial charge in [-0.25, -0.2) is 17.8 Å². The van der Waals surface area contributed by atoms with E-state index >= 15 is 0 Å². The molecule has 3 rings (SSSR count). The first-order valence-corrected chi connectivity index (χ1v) is 10.2. The van der Waals surface area contributed by atoms with Gasteiger partial charge < -0.3 is 15.4 Å². The Morgan fingerprint density at radius 3 is 2.33 bits per heavy atom. The van der Waals surface area contributed by atoms with Crippen LogP contribution in [0.25, 0.3) is 0 Å². The SMILES string of the molecule is CCC1(F)CN(C(=O)c2ncc(S(=O)(=O)c3ccc(OC(F)(F)F)cc3)cc2N)C1. The molecule has 2 aromatic rings. The molecule has 1 aromatic heterocycles. The average Bonchev–Trinajstić information content (AvgIpc) is 2.64. The maximum Gasteiger partial charge on any atom is 0.573 e. The van der Waals surface area contributed by atoms with Crippen LogP contribution in [0, 0.1) is 0 Å². The van der Waals surface area contributed by atoms with Gasteiger partial charge >= 0.3 is 6.36 Å². The average molecular weight is 447 g/mol. The number of carbonyl (C=O) groups is 1. The number of ether oxygens (including phenoxy) is 1. The van der Waals surface area contributed by atoms with Gasteiger partial charge in [-0.1, -0.05) is 6.92 Å². The summed E-state index contributed by atoms with van der Waals surface area (Å²) >= 11 is 0. The minimum Gasteiger partial charge on any atom is -0.406 e. The molecule has 0 atom stereocenters. The van der Waals surface area contributed by atoms with Crippen molar-refractivity contribution in [2.75, 3.05) is 18.8 Å². The number of anilines is 1. The number of rotatable bonds is 5. The second kappa shape index (κ2) is 7.42. The molecule has 0 bridgehead atoms. The van der Waals surface area contributed by atoms with Crippen molar-refractivity contribution < 1.29 is 35.5 Å². The number of benzene rings is 1. The number of amides is 1. The Hall–Kier alpha value is -2.89. The van der Waals surface area contributed by atoms with Crippen molar-refractivity contribution >= 4 is 21.4 Å². The lowest BCUT2D eigenvalue weighted by Crippen LogP contribution is -2.60. The van der Waals surface area contributed by atoms with Gasteiger partial charge in [0.05, 0.1) is 28.6 Å². The highest BCUT2D eigenvalue weighted by atomic mass is 32.2. The molecule has 0 spiro atoms. The second-order valence-electron chi connectivity index (χ2n) is 6.80. The van der Waals surface area contributed by atoms with E-state index in [1.165, 1.54) is 4.90 Å². The van der Waals surface area contributed by atoms with Crippen molar-refractivity contribution in [2.45, 2.75) is 35.2 Å². The fourth-order valence-electron chi connectivity index (χ4n) is 2.90. The van der Waals surface area contributed by atoms with Crippen LogP contribution in [0.1, 0.15) is 23.8 Å². The van der Waals surface area contributed by atoms with E-state index in [0.29, 0.717) is 0 Å². The Morgan fingerprint density at radius 2 is 1.83 bits per heavy atom. The maximum atomic E-state index is 14.0. The van der Waals surface area contributed by atoms with Gasteiger partial charge in [0.1, 0.15) is 11.4 Å². The fourth-order valence-corrected chi connectivity index (χ4v) is 4.14. The van der Waals surface area contributed by atoms with E-state index in [9.17, 15) is 30.8 Å². The molecule has 1 aliphatic rings. The molecule has 1 fully saturated rings. The summed E-state index contributed by atoms with van der Waals surface area (Å²) in [5.74, 6) is -1.20. The Bertz CT molecular complexity index is 1070. The number of nitrogens with two attached hydrogens (primary N) is 1. The summed E-state index contributed by atoms with van der Waals surface area (Å²) in [4.78, 5) is 16.8. The number of nitrogen functional groups attached to an aromatic ring is 1. The molecule has 12 heteroatoms. The monoisotopic (exact) mass is 447 g/mol. The van der Waals surface area contributed by atoms with Crippen LogP contribution in [0.4, 0.5) is 23.2 Å². The van der Waals surface area contributed by atoms with Gasteiger partial charge in [-0.15, -0.1) is 13.2 Å². The molecule has 1 aliphatic heterocycles. The van der Waals surface area contributed by atoms with Gasteiger partial charge in [-0.05, 0) is 36.8 Å². The van der Waals surface area contributed by atoms with Gasteiger partial charge in [-0.2, -0.15) is 0 Å². The van der Waals surface area contributed by atoms with Crippen LogP contribution < -0.4 is 10.5 Å². The number of nitrogens with zero attached hydrogens (tertiary/aromatic N) is 2. The lowest BCUT2D eigenvalue weighted by Gasteiger charge is -2.43. The molecular formula is C18H17F4N3O4S. The Balaban J connectivity index is 1.81. The number of aromatic nitrogens is 1. The Morgan fingerprint density at radius 1 is 1.23 bits per heavy atom. The highest BCUT2D eigenvalue weighted by Crippen LogP contribution is 2.31.